The van der Waals surface area contributed by atoms with E-state index in [1.54, 1.807) is 7.11 Å². The molecular weight excluding hydrogens is 254 g/mol. The normalized spacial score (nSPS) is 15.7. The first-order valence-electron chi connectivity index (χ1n) is 7.05. The maximum atomic E-state index is 12.2. The molecule has 0 aromatic heterocycles. The second-order valence-electron chi connectivity index (χ2n) is 5.04. The monoisotopic (exact) mass is 277 g/mol. The molecule has 1 aliphatic rings. The van der Waals surface area contributed by atoms with Crippen molar-refractivity contribution in [1.29, 1.82) is 0 Å². The van der Waals surface area contributed by atoms with Crippen molar-refractivity contribution >= 4 is 11.6 Å². The predicted octanol–water partition coefficient (Wildman–Crippen LogP) is 1.32. The number of hydrogen-bond acceptors (Lipinski definition) is 4. The van der Waals surface area contributed by atoms with E-state index in [0.29, 0.717) is 12.6 Å². The minimum absolute atomic E-state index is 0.114. The zero-order chi connectivity index (χ0) is 14.4. The van der Waals surface area contributed by atoms with E-state index in [-0.39, 0.29) is 5.91 Å². The SMILES string of the molecule is COc1ccccc1NCC(=O)N(C)C1CCNCC1. The lowest BCUT2D eigenvalue weighted by atomic mass is 10.1. The molecule has 110 valence electrons. The van der Waals surface area contributed by atoms with Gasteiger partial charge in [0.05, 0.1) is 19.3 Å². The molecule has 20 heavy (non-hydrogen) atoms. The van der Waals surface area contributed by atoms with Crippen LogP contribution in [0.1, 0.15) is 12.8 Å². The first-order valence-corrected chi connectivity index (χ1v) is 7.05. The molecule has 0 spiro atoms. The minimum Gasteiger partial charge on any atom is -0.495 e. The second-order valence-corrected chi connectivity index (χ2v) is 5.04. The number of carbonyl (C=O) groups is 1. The number of likely N-dealkylation sites (N-methyl/N-ethyl adjacent to an activating group) is 1. The molecular formula is C15H23N3O2. The lowest BCUT2D eigenvalue weighted by Gasteiger charge is -2.31. The molecule has 1 aromatic rings. The Balaban J connectivity index is 1.87. The summed E-state index contributed by atoms with van der Waals surface area (Å²) < 4.78 is 5.26. The number of anilines is 1. The van der Waals surface area contributed by atoms with Crippen molar-refractivity contribution in [3.63, 3.8) is 0 Å². The number of amides is 1. The number of para-hydroxylation sites is 2. The number of methoxy groups -OCH3 is 1. The van der Waals surface area contributed by atoms with E-state index in [4.69, 9.17) is 4.74 Å². The first-order chi connectivity index (χ1) is 9.72. The maximum absolute atomic E-state index is 12.2. The van der Waals surface area contributed by atoms with Crippen LogP contribution >= 0.6 is 0 Å². The average Bonchev–Trinajstić information content (AvgIpc) is 2.53. The molecule has 2 N–H and O–H groups in total. The highest BCUT2D eigenvalue weighted by molar-refractivity contribution is 5.81. The molecule has 1 fully saturated rings. The van der Waals surface area contributed by atoms with Crippen LogP contribution in [0.15, 0.2) is 24.3 Å². The Hall–Kier alpha value is -1.75. The van der Waals surface area contributed by atoms with E-state index in [1.807, 2.05) is 36.2 Å². The predicted molar refractivity (Wildman–Crippen MR) is 80.1 cm³/mol. The molecule has 0 saturated carbocycles. The first kappa shape index (κ1) is 14.7. The van der Waals surface area contributed by atoms with Gasteiger partial charge in [0.2, 0.25) is 5.91 Å². The summed E-state index contributed by atoms with van der Waals surface area (Å²) in [7, 11) is 3.52. The molecule has 1 amide bonds. The Morgan fingerprint density at radius 3 is 2.80 bits per heavy atom. The summed E-state index contributed by atoms with van der Waals surface area (Å²) in [4.78, 5) is 14.1. The summed E-state index contributed by atoms with van der Waals surface area (Å²) in [6.45, 7) is 2.27. The van der Waals surface area contributed by atoms with Crippen LogP contribution < -0.4 is 15.4 Å². The Morgan fingerprint density at radius 2 is 2.10 bits per heavy atom. The number of nitrogens with zero attached hydrogens (tertiary/aromatic N) is 1. The van der Waals surface area contributed by atoms with E-state index in [2.05, 4.69) is 10.6 Å². The van der Waals surface area contributed by atoms with Crippen LogP contribution in [0.25, 0.3) is 0 Å². The molecule has 2 rings (SSSR count). The molecule has 1 saturated heterocycles. The van der Waals surface area contributed by atoms with Crippen molar-refractivity contribution in [2.24, 2.45) is 0 Å². The fraction of sp³-hybridized carbons (Fsp3) is 0.533. The smallest absolute Gasteiger partial charge is 0.241 e. The molecule has 0 bridgehead atoms. The van der Waals surface area contributed by atoms with Crippen LogP contribution in [0.4, 0.5) is 5.69 Å². The van der Waals surface area contributed by atoms with Crippen LogP contribution in [0.5, 0.6) is 5.75 Å². The van der Waals surface area contributed by atoms with Gasteiger partial charge in [0.1, 0.15) is 5.75 Å². The van der Waals surface area contributed by atoms with Gasteiger partial charge in [-0.25, -0.2) is 0 Å². The summed E-state index contributed by atoms with van der Waals surface area (Å²) in [5.41, 5.74) is 0.849. The van der Waals surface area contributed by atoms with Gasteiger partial charge in [0.25, 0.3) is 0 Å². The quantitative estimate of drug-likeness (QED) is 0.852. The van der Waals surface area contributed by atoms with Crippen molar-refractivity contribution in [2.45, 2.75) is 18.9 Å². The lowest BCUT2D eigenvalue weighted by Crippen LogP contribution is -2.45. The van der Waals surface area contributed by atoms with Gasteiger partial charge in [-0.05, 0) is 38.1 Å². The second kappa shape index (κ2) is 7.14. The molecule has 5 nitrogen and oxygen atoms in total. The Kier molecular flexibility index (Phi) is 5.24. The van der Waals surface area contributed by atoms with Crippen molar-refractivity contribution in [3.05, 3.63) is 24.3 Å². The third-order valence-corrected chi connectivity index (χ3v) is 3.79. The summed E-state index contributed by atoms with van der Waals surface area (Å²) in [6.07, 6.45) is 2.05. The van der Waals surface area contributed by atoms with Gasteiger partial charge in [-0.1, -0.05) is 12.1 Å². The summed E-state index contributed by atoms with van der Waals surface area (Å²) in [5.74, 6) is 0.868. The molecule has 5 heteroatoms. The van der Waals surface area contributed by atoms with E-state index >= 15 is 0 Å². The average molecular weight is 277 g/mol. The molecule has 0 atom stereocenters. The molecule has 0 unspecified atom stereocenters. The number of piperidine rings is 1. The molecule has 1 heterocycles. The molecule has 1 aliphatic heterocycles. The number of benzene rings is 1. The van der Waals surface area contributed by atoms with Gasteiger partial charge in [-0.3, -0.25) is 4.79 Å². The van der Waals surface area contributed by atoms with E-state index in [9.17, 15) is 4.79 Å². The van der Waals surface area contributed by atoms with Crippen LogP contribution in [0.3, 0.4) is 0 Å². The topological polar surface area (TPSA) is 53.6 Å². The minimum atomic E-state index is 0.114. The van der Waals surface area contributed by atoms with Crippen molar-refractivity contribution < 1.29 is 9.53 Å². The highest BCUT2D eigenvalue weighted by Crippen LogP contribution is 2.22. The Morgan fingerprint density at radius 1 is 1.40 bits per heavy atom. The number of carbonyl (C=O) groups excluding carboxylic acids is 1. The summed E-state index contributed by atoms with van der Waals surface area (Å²) in [5, 5.41) is 6.46. The fourth-order valence-corrected chi connectivity index (χ4v) is 2.48. The highest BCUT2D eigenvalue weighted by Gasteiger charge is 2.21. The van der Waals surface area contributed by atoms with E-state index in [0.717, 1.165) is 37.4 Å². The summed E-state index contributed by atoms with van der Waals surface area (Å²) >= 11 is 0. The van der Waals surface area contributed by atoms with Crippen LogP contribution in [-0.4, -0.2) is 50.6 Å². The van der Waals surface area contributed by atoms with Crippen molar-refractivity contribution in [3.8, 4) is 5.75 Å². The maximum Gasteiger partial charge on any atom is 0.241 e. The van der Waals surface area contributed by atoms with Crippen LogP contribution in [0.2, 0.25) is 0 Å². The van der Waals surface area contributed by atoms with Crippen molar-refractivity contribution in [2.75, 3.05) is 39.1 Å². The van der Waals surface area contributed by atoms with E-state index in [1.165, 1.54) is 0 Å². The third-order valence-electron chi connectivity index (χ3n) is 3.79. The number of hydrogen-bond donors (Lipinski definition) is 2. The molecule has 0 radical (unpaired) electrons. The Labute approximate surface area is 120 Å². The highest BCUT2D eigenvalue weighted by atomic mass is 16.5. The summed E-state index contributed by atoms with van der Waals surface area (Å²) in [6, 6.07) is 7.97. The van der Waals surface area contributed by atoms with Gasteiger partial charge in [-0.15, -0.1) is 0 Å². The van der Waals surface area contributed by atoms with Crippen molar-refractivity contribution in [1.82, 2.24) is 10.2 Å². The standard InChI is InChI=1S/C15H23N3O2/c1-18(12-7-9-16-10-8-12)15(19)11-17-13-5-3-4-6-14(13)20-2/h3-6,12,16-17H,7-11H2,1-2H3. The van der Waals surface area contributed by atoms with Gasteiger partial charge in [0.15, 0.2) is 0 Å². The van der Waals surface area contributed by atoms with Crippen LogP contribution in [-0.2, 0) is 4.79 Å². The van der Waals surface area contributed by atoms with Gasteiger partial charge in [0, 0.05) is 13.1 Å². The number of ether oxygens (including phenoxy) is 1. The van der Waals surface area contributed by atoms with E-state index < -0.39 is 0 Å². The zero-order valence-electron chi connectivity index (χ0n) is 12.2. The van der Waals surface area contributed by atoms with Gasteiger partial charge in [-0.2, -0.15) is 0 Å². The molecule has 0 aliphatic carbocycles. The largest absolute Gasteiger partial charge is 0.495 e. The lowest BCUT2D eigenvalue weighted by molar-refractivity contribution is -0.130. The van der Waals surface area contributed by atoms with Gasteiger partial charge < -0.3 is 20.3 Å². The van der Waals surface area contributed by atoms with Crippen LogP contribution in [0, 0.1) is 0 Å². The third kappa shape index (κ3) is 3.63. The number of rotatable bonds is 5. The zero-order valence-corrected chi connectivity index (χ0v) is 12.2. The molecule has 1 aromatic carbocycles. The fourth-order valence-electron chi connectivity index (χ4n) is 2.48. The number of nitrogens with one attached hydrogen (secondary N) is 2. The van der Waals surface area contributed by atoms with Gasteiger partial charge >= 0.3 is 0 Å². The Bertz CT molecular complexity index is 444.